The average molecular weight is 473 g/mol. The number of nitrogens with one attached hydrogen (secondary N) is 1. The number of nitrogens with zero attached hydrogens (tertiary/aromatic N) is 1. The third kappa shape index (κ3) is 6.31. The summed E-state index contributed by atoms with van der Waals surface area (Å²) in [6, 6.07) is 10.5. The van der Waals surface area contributed by atoms with Crippen LogP contribution in [0.3, 0.4) is 0 Å². The Bertz CT molecular complexity index is 854. The number of likely N-dealkylation sites (tertiary alicyclic amines) is 1. The molecule has 0 aliphatic carbocycles. The first-order valence-corrected chi connectivity index (χ1v) is 9.77. The number of halogens is 4. The normalized spacial score (nSPS) is 13.8. The van der Waals surface area contributed by atoms with Crippen molar-refractivity contribution in [3.63, 3.8) is 0 Å². The Labute approximate surface area is 176 Å². The topological polar surface area (TPSA) is 32.3 Å². The van der Waals surface area contributed by atoms with Crippen molar-refractivity contribution in [1.29, 1.82) is 0 Å². The lowest BCUT2D eigenvalue weighted by molar-refractivity contribution is -0.137. The van der Waals surface area contributed by atoms with Gasteiger partial charge >= 0.3 is 6.18 Å². The van der Waals surface area contributed by atoms with E-state index >= 15 is 0 Å². The van der Waals surface area contributed by atoms with Gasteiger partial charge in [-0.15, -0.1) is 0 Å². The number of thiocarbonyl (C=S) groups is 1. The van der Waals surface area contributed by atoms with E-state index in [4.69, 9.17) is 12.2 Å². The zero-order valence-corrected chi connectivity index (χ0v) is 17.8. The number of amides is 1. The molecule has 28 heavy (non-hydrogen) atoms. The van der Waals surface area contributed by atoms with Gasteiger partial charge in [-0.2, -0.15) is 13.2 Å². The Hall–Kier alpha value is -1.93. The van der Waals surface area contributed by atoms with Crippen LogP contribution in [0.4, 0.5) is 18.9 Å². The van der Waals surface area contributed by atoms with E-state index in [0.29, 0.717) is 16.5 Å². The molecule has 0 aromatic heterocycles. The van der Waals surface area contributed by atoms with Crippen LogP contribution in [-0.2, 0) is 11.0 Å². The minimum absolute atomic E-state index is 0.292. The number of carbonyl (C=O) groups excluding carboxylic acids is 1. The maximum absolute atomic E-state index is 12.5. The molecule has 1 aliphatic heterocycles. The lowest BCUT2D eigenvalue weighted by Gasteiger charge is -2.12. The number of anilines is 1. The summed E-state index contributed by atoms with van der Waals surface area (Å²) >= 11 is 8.63. The highest BCUT2D eigenvalue weighted by Gasteiger charge is 2.30. The lowest BCUT2D eigenvalue weighted by Crippen LogP contribution is -2.17. The van der Waals surface area contributed by atoms with Crippen LogP contribution >= 0.6 is 28.1 Å². The van der Waals surface area contributed by atoms with E-state index in [9.17, 15) is 18.0 Å². The minimum Gasteiger partial charge on any atom is -0.346 e. The molecule has 8 heteroatoms. The van der Waals surface area contributed by atoms with Crippen LogP contribution in [-0.4, -0.2) is 29.4 Å². The summed E-state index contributed by atoms with van der Waals surface area (Å²) in [4.78, 5) is 12.6. The second kappa shape index (κ2) is 9.52. The first-order valence-electron chi connectivity index (χ1n) is 8.56. The highest BCUT2D eigenvalue weighted by molar-refractivity contribution is 9.10. The number of aryl methyl sites for hydroxylation is 1. The van der Waals surface area contributed by atoms with Crippen LogP contribution in [0.5, 0.6) is 0 Å². The first-order chi connectivity index (χ1) is 13.1. The van der Waals surface area contributed by atoms with E-state index in [0.717, 1.165) is 47.2 Å². The molecule has 0 spiro atoms. The zero-order valence-electron chi connectivity index (χ0n) is 15.4. The summed E-state index contributed by atoms with van der Waals surface area (Å²) in [5.41, 5.74) is 1.67. The van der Waals surface area contributed by atoms with E-state index in [1.165, 1.54) is 12.1 Å². The molecule has 150 valence electrons. The van der Waals surface area contributed by atoms with Gasteiger partial charge < -0.3 is 10.2 Å². The van der Waals surface area contributed by atoms with Crippen molar-refractivity contribution in [2.45, 2.75) is 25.9 Å². The van der Waals surface area contributed by atoms with Crippen LogP contribution < -0.4 is 5.32 Å². The molecule has 1 heterocycles. The molecule has 3 rings (SSSR count). The van der Waals surface area contributed by atoms with Crippen LogP contribution in [0.2, 0.25) is 0 Å². The number of hydrogen-bond donors (Lipinski definition) is 1. The summed E-state index contributed by atoms with van der Waals surface area (Å²) in [6.45, 7) is 2.90. The fourth-order valence-corrected chi connectivity index (χ4v) is 3.11. The monoisotopic (exact) mass is 472 g/mol. The summed E-state index contributed by atoms with van der Waals surface area (Å²) in [5, 5.41) is 3.03. The SMILES string of the molecule is CN1CCCC1=O.Cc1ccc(Br)c(NC(=S)c2ccc(C(F)(F)F)cc2)c1. The van der Waals surface area contributed by atoms with E-state index in [-0.39, 0.29) is 0 Å². The van der Waals surface area contributed by atoms with Crippen molar-refractivity contribution in [3.05, 3.63) is 63.6 Å². The van der Waals surface area contributed by atoms with E-state index in [1.54, 1.807) is 4.90 Å². The Kier molecular flexibility index (Phi) is 7.60. The van der Waals surface area contributed by atoms with E-state index in [2.05, 4.69) is 21.2 Å². The summed E-state index contributed by atoms with van der Waals surface area (Å²) in [5.74, 6) is 0.292. The molecule has 1 aliphatic rings. The van der Waals surface area contributed by atoms with Gasteiger partial charge in [0.15, 0.2) is 0 Å². The fourth-order valence-electron chi connectivity index (χ4n) is 2.52. The van der Waals surface area contributed by atoms with Gasteiger partial charge in [-0.3, -0.25) is 4.79 Å². The zero-order chi connectivity index (χ0) is 20.9. The molecule has 1 amide bonds. The molecule has 1 saturated heterocycles. The minimum atomic E-state index is -4.34. The Balaban J connectivity index is 0.000000336. The molecule has 1 N–H and O–H groups in total. The summed E-state index contributed by atoms with van der Waals surface area (Å²) < 4.78 is 38.4. The highest BCUT2D eigenvalue weighted by Crippen LogP contribution is 2.29. The van der Waals surface area contributed by atoms with Gasteiger partial charge in [-0.05, 0) is 59.1 Å². The van der Waals surface area contributed by atoms with Gasteiger partial charge in [0, 0.05) is 30.0 Å². The van der Waals surface area contributed by atoms with Crippen molar-refractivity contribution in [2.24, 2.45) is 0 Å². The van der Waals surface area contributed by atoms with Crippen LogP contribution in [0, 0.1) is 6.92 Å². The summed E-state index contributed by atoms with van der Waals surface area (Å²) in [6.07, 6.45) is -2.53. The van der Waals surface area contributed by atoms with Gasteiger partial charge in [-0.25, -0.2) is 0 Å². The number of rotatable bonds is 2. The number of hydrogen-bond acceptors (Lipinski definition) is 2. The molecule has 0 bridgehead atoms. The smallest absolute Gasteiger partial charge is 0.346 e. The Morgan fingerprint density at radius 1 is 1.18 bits per heavy atom. The number of benzene rings is 2. The lowest BCUT2D eigenvalue weighted by atomic mass is 10.1. The molecule has 2 aromatic rings. The fraction of sp³-hybridized carbons (Fsp3) is 0.300. The molecule has 0 radical (unpaired) electrons. The van der Waals surface area contributed by atoms with E-state index < -0.39 is 11.7 Å². The second-order valence-corrected chi connectivity index (χ2v) is 7.69. The van der Waals surface area contributed by atoms with Crippen LogP contribution in [0.1, 0.15) is 29.5 Å². The van der Waals surface area contributed by atoms with Crippen molar-refractivity contribution < 1.29 is 18.0 Å². The first kappa shape index (κ1) is 22.4. The van der Waals surface area contributed by atoms with Crippen LogP contribution in [0.25, 0.3) is 0 Å². The van der Waals surface area contributed by atoms with Gasteiger partial charge in [-0.1, -0.05) is 30.4 Å². The van der Waals surface area contributed by atoms with Crippen molar-refractivity contribution in [1.82, 2.24) is 4.90 Å². The van der Waals surface area contributed by atoms with Gasteiger partial charge in [0.25, 0.3) is 0 Å². The summed E-state index contributed by atoms with van der Waals surface area (Å²) in [7, 11) is 1.84. The predicted octanol–water partition coefficient (Wildman–Crippen LogP) is 5.80. The van der Waals surface area contributed by atoms with Gasteiger partial charge in [0.05, 0.1) is 11.3 Å². The highest BCUT2D eigenvalue weighted by atomic mass is 79.9. The largest absolute Gasteiger partial charge is 0.416 e. The second-order valence-electron chi connectivity index (χ2n) is 6.43. The average Bonchev–Trinajstić information content (AvgIpc) is 3.01. The predicted molar refractivity (Wildman–Crippen MR) is 113 cm³/mol. The number of carbonyl (C=O) groups is 1. The van der Waals surface area contributed by atoms with Crippen molar-refractivity contribution in [3.8, 4) is 0 Å². The van der Waals surface area contributed by atoms with Gasteiger partial charge in [0.1, 0.15) is 4.99 Å². The Morgan fingerprint density at radius 2 is 1.82 bits per heavy atom. The maximum atomic E-state index is 12.5. The van der Waals surface area contributed by atoms with Crippen molar-refractivity contribution >= 4 is 44.7 Å². The Morgan fingerprint density at radius 3 is 2.29 bits per heavy atom. The van der Waals surface area contributed by atoms with Crippen LogP contribution in [0.15, 0.2) is 46.9 Å². The molecular weight excluding hydrogens is 453 g/mol. The number of alkyl halides is 3. The molecule has 0 atom stereocenters. The maximum Gasteiger partial charge on any atom is 0.416 e. The van der Waals surface area contributed by atoms with E-state index in [1.807, 2.05) is 32.2 Å². The third-order valence-corrected chi connectivity index (χ3v) is 5.18. The molecule has 3 nitrogen and oxygen atoms in total. The standard InChI is InChI=1S/C15H11BrF3NS.C5H9NO/c1-9-2-7-12(16)13(8-9)20-14(21)10-3-5-11(6-4-10)15(17,18)19;1-6-4-2-3-5(6)7/h2-8H,1H3,(H,20,21);2-4H2,1H3. The third-order valence-electron chi connectivity index (χ3n) is 4.15. The molecular formula is C20H20BrF3N2OS. The molecule has 1 fully saturated rings. The molecule has 0 unspecified atom stereocenters. The molecule has 2 aromatic carbocycles. The quantitative estimate of drug-likeness (QED) is 0.560. The van der Waals surface area contributed by atoms with Gasteiger partial charge in [0.2, 0.25) is 5.91 Å². The van der Waals surface area contributed by atoms with Crippen molar-refractivity contribution in [2.75, 3.05) is 18.9 Å². The molecule has 0 saturated carbocycles.